The molecule has 190 valence electrons. The van der Waals surface area contributed by atoms with Gasteiger partial charge in [0, 0.05) is 23.7 Å². The number of carbonyl (C=O) groups excluding carboxylic acids is 3. The Balaban J connectivity index is 2.41. The first kappa shape index (κ1) is 28.3. The molecule has 2 aromatic rings. The van der Waals surface area contributed by atoms with Crippen LogP contribution < -0.4 is 9.62 Å². The van der Waals surface area contributed by atoms with Crippen LogP contribution in [0.25, 0.3) is 0 Å². The minimum absolute atomic E-state index is 0.0563. The highest BCUT2D eigenvalue weighted by Crippen LogP contribution is 2.21. The van der Waals surface area contributed by atoms with Gasteiger partial charge in [0.1, 0.15) is 12.6 Å². The maximum absolute atomic E-state index is 13.5. The van der Waals surface area contributed by atoms with E-state index >= 15 is 0 Å². The maximum atomic E-state index is 13.5. The van der Waals surface area contributed by atoms with Crippen molar-refractivity contribution in [2.24, 2.45) is 5.92 Å². The number of carbonyl (C=O) groups is 3. The molecular formula is C25H32ClN3O5S. The molecule has 35 heavy (non-hydrogen) atoms. The van der Waals surface area contributed by atoms with E-state index in [4.69, 9.17) is 11.6 Å². The van der Waals surface area contributed by atoms with Gasteiger partial charge in [-0.2, -0.15) is 0 Å². The lowest BCUT2D eigenvalue weighted by molar-refractivity contribution is -0.139. The van der Waals surface area contributed by atoms with Crippen molar-refractivity contribution >= 4 is 44.9 Å². The van der Waals surface area contributed by atoms with Crippen LogP contribution >= 0.6 is 11.6 Å². The van der Waals surface area contributed by atoms with Crippen LogP contribution in [0, 0.1) is 5.92 Å². The van der Waals surface area contributed by atoms with E-state index in [-0.39, 0.29) is 29.8 Å². The van der Waals surface area contributed by atoms with Crippen LogP contribution in [-0.2, 0) is 26.2 Å². The zero-order valence-corrected chi connectivity index (χ0v) is 22.2. The first-order chi connectivity index (χ1) is 16.3. The predicted octanol–water partition coefficient (Wildman–Crippen LogP) is 3.50. The molecule has 10 heteroatoms. The summed E-state index contributed by atoms with van der Waals surface area (Å²) in [5, 5.41) is 3.30. The molecule has 0 fully saturated rings. The summed E-state index contributed by atoms with van der Waals surface area (Å²) in [5.74, 6) is -0.934. The summed E-state index contributed by atoms with van der Waals surface area (Å²) in [6, 6.07) is 12.1. The number of ketones is 1. The molecule has 0 aliphatic rings. The fourth-order valence-electron chi connectivity index (χ4n) is 3.36. The quantitative estimate of drug-likeness (QED) is 0.456. The SMILES string of the molecule is CC(=O)c1cccc(N(CC(=O)N(Cc2cccc(Cl)c2)[C@@H](C)C(=O)NCC(C)C)S(C)(=O)=O)c1. The van der Waals surface area contributed by atoms with E-state index in [1.165, 1.54) is 24.0 Å². The molecule has 0 radical (unpaired) electrons. The number of halogens is 1. The summed E-state index contributed by atoms with van der Waals surface area (Å²) in [5.41, 5.74) is 1.20. The number of Topliss-reactive ketones (excluding diaryl/α,β-unsaturated/α-hetero) is 1. The molecular weight excluding hydrogens is 490 g/mol. The Kier molecular flexibility index (Phi) is 9.85. The van der Waals surface area contributed by atoms with E-state index < -0.39 is 28.5 Å². The maximum Gasteiger partial charge on any atom is 0.244 e. The fourth-order valence-corrected chi connectivity index (χ4v) is 4.42. The van der Waals surface area contributed by atoms with Crippen LogP contribution in [0.4, 0.5) is 5.69 Å². The summed E-state index contributed by atoms with van der Waals surface area (Å²) in [6.07, 6.45) is 0.987. The molecule has 0 heterocycles. The third-order valence-corrected chi connectivity index (χ3v) is 6.69. The normalized spacial score (nSPS) is 12.2. The Labute approximate surface area is 212 Å². The third-order valence-electron chi connectivity index (χ3n) is 5.31. The molecule has 0 bridgehead atoms. The van der Waals surface area contributed by atoms with E-state index in [0.717, 1.165) is 10.6 Å². The molecule has 0 spiro atoms. The largest absolute Gasteiger partial charge is 0.354 e. The van der Waals surface area contributed by atoms with Gasteiger partial charge in [0.15, 0.2) is 5.78 Å². The first-order valence-electron chi connectivity index (χ1n) is 11.2. The second-order valence-electron chi connectivity index (χ2n) is 8.84. The number of nitrogens with one attached hydrogen (secondary N) is 1. The third kappa shape index (κ3) is 8.36. The van der Waals surface area contributed by atoms with Gasteiger partial charge in [-0.25, -0.2) is 8.42 Å². The number of rotatable bonds is 11. The number of sulfonamides is 1. The number of hydrogen-bond donors (Lipinski definition) is 1. The molecule has 0 aliphatic heterocycles. The monoisotopic (exact) mass is 521 g/mol. The van der Waals surface area contributed by atoms with Crippen LogP contribution in [0.5, 0.6) is 0 Å². The van der Waals surface area contributed by atoms with Gasteiger partial charge in [-0.1, -0.05) is 49.7 Å². The second kappa shape index (κ2) is 12.2. The number of nitrogens with zero attached hydrogens (tertiary/aromatic N) is 2. The smallest absolute Gasteiger partial charge is 0.244 e. The van der Waals surface area contributed by atoms with Crippen LogP contribution in [0.1, 0.15) is 43.6 Å². The van der Waals surface area contributed by atoms with Crippen molar-refractivity contribution in [3.63, 3.8) is 0 Å². The Morgan fingerprint density at radius 3 is 2.26 bits per heavy atom. The van der Waals surface area contributed by atoms with Crippen molar-refractivity contribution in [1.82, 2.24) is 10.2 Å². The molecule has 1 atom stereocenters. The van der Waals surface area contributed by atoms with Gasteiger partial charge >= 0.3 is 0 Å². The molecule has 8 nitrogen and oxygen atoms in total. The van der Waals surface area contributed by atoms with E-state index in [1.54, 1.807) is 43.3 Å². The molecule has 0 unspecified atom stereocenters. The number of amides is 2. The predicted molar refractivity (Wildman–Crippen MR) is 138 cm³/mol. The van der Waals surface area contributed by atoms with Gasteiger partial charge in [0.25, 0.3) is 0 Å². The average Bonchev–Trinajstić information content (AvgIpc) is 2.78. The molecule has 0 saturated heterocycles. The highest BCUT2D eigenvalue weighted by atomic mass is 35.5. The van der Waals surface area contributed by atoms with Crippen molar-refractivity contribution in [2.75, 3.05) is 23.7 Å². The highest BCUT2D eigenvalue weighted by Gasteiger charge is 2.30. The Hall–Kier alpha value is -2.91. The van der Waals surface area contributed by atoms with E-state index in [1.807, 2.05) is 13.8 Å². The molecule has 0 saturated carbocycles. The Morgan fingerprint density at radius 1 is 1.03 bits per heavy atom. The summed E-state index contributed by atoms with van der Waals surface area (Å²) in [4.78, 5) is 39.5. The van der Waals surface area contributed by atoms with Crippen molar-refractivity contribution in [2.45, 2.75) is 40.3 Å². The average molecular weight is 522 g/mol. The lowest BCUT2D eigenvalue weighted by Gasteiger charge is -2.31. The highest BCUT2D eigenvalue weighted by molar-refractivity contribution is 7.92. The zero-order chi connectivity index (χ0) is 26.3. The van der Waals surface area contributed by atoms with Crippen molar-refractivity contribution in [3.05, 3.63) is 64.7 Å². The Morgan fingerprint density at radius 2 is 1.69 bits per heavy atom. The van der Waals surface area contributed by atoms with Gasteiger partial charge in [-0.05, 0) is 49.6 Å². The lowest BCUT2D eigenvalue weighted by atomic mass is 10.1. The van der Waals surface area contributed by atoms with Gasteiger partial charge in [0.05, 0.1) is 11.9 Å². The van der Waals surface area contributed by atoms with Crippen molar-refractivity contribution < 1.29 is 22.8 Å². The summed E-state index contributed by atoms with van der Waals surface area (Å²) < 4.78 is 26.2. The standard InChI is InChI=1S/C25H32ClN3O5S/c1-17(2)14-27-25(32)18(3)28(15-20-8-6-10-22(26)12-20)24(31)16-29(35(5,33)34)23-11-7-9-21(13-23)19(4)30/h6-13,17-18H,14-16H2,1-5H3,(H,27,32)/t18-/m0/s1. The van der Waals surface area contributed by atoms with E-state index in [0.29, 0.717) is 22.7 Å². The van der Waals surface area contributed by atoms with E-state index in [9.17, 15) is 22.8 Å². The lowest BCUT2D eigenvalue weighted by Crippen LogP contribution is -2.51. The Bertz CT molecular complexity index is 1180. The number of anilines is 1. The minimum Gasteiger partial charge on any atom is -0.354 e. The van der Waals surface area contributed by atoms with Gasteiger partial charge in [-0.3, -0.25) is 18.7 Å². The molecule has 0 aromatic heterocycles. The summed E-state index contributed by atoms with van der Waals surface area (Å²) in [7, 11) is -3.88. The molecule has 2 rings (SSSR count). The topological polar surface area (TPSA) is 104 Å². The van der Waals surface area contributed by atoms with Crippen LogP contribution in [0.2, 0.25) is 5.02 Å². The van der Waals surface area contributed by atoms with Crippen molar-refractivity contribution in [3.8, 4) is 0 Å². The second-order valence-corrected chi connectivity index (χ2v) is 11.2. The number of hydrogen-bond acceptors (Lipinski definition) is 5. The van der Waals surface area contributed by atoms with Crippen LogP contribution in [-0.4, -0.2) is 56.3 Å². The van der Waals surface area contributed by atoms with Gasteiger partial charge in [0.2, 0.25) is 21.8 Å². The number of benzene rings is 2. The first-order valence-corrected chi connectivity index (χ1v) is 13.4. The van der Waals surface area contributed by atoms with Crippen LogP contribution in [0.15, 0.2) is 48.5 Å². The molecule has 2 amide bonds. The zero-order valence-electron chi connectivity index (χ0n) is 20.6. The molecule has 2 aromatic carbocycles. The molecule has 0 aliphatic carbocycles. The minimum atomic E-state index is -3.88. The van der Waals surface area contributed by atoms with Crippen LogP contribution in [0.3, 0.4) is 0 Å². The van der Waals surface area contributed by atoms with E-state index in [2.05, 4.69) is 5.32 Å². The summed E-state index contributed by atoms with van der Waals surface area (Å²) >= 11 is 6.10. The fraction of sp³-hybridized carbons (Fsp3) is 0.400. The van der Waals surface area contributed by atoms with Crippen molar-refractivity contribution in [1.29, 1.82) is 0 Å². The van der Waals surface area contributed by atoms with Gasteiger partial charge in [-0.15, -0.1) is 0 Å². The van der Waals surface area contributed by atoms with Gasteiger partial charge < -0.3 is 10.2 Å². The molecule has 1 N–H and O–H groups in total. The summed E-state index contributed by atoms with van der Waals surface area (Å²) in [6.45, 7) is 6.84.